The van der Waals surface area contributed by atoms with Crippen LogP contribution in [0.15, 0.2) is 36.4 Å². The van der Waals surface area contributed by atoms with Crippen LogP contribution in [0, 0.1) is 6.92 Å². The molecule has 7 heteroatoms. The van der Waals surface area contributed by atoms with Crippen molar-refractivity contribution in [2.45, 2.75) is 6.92 Å². The third-order valence-corrected chi connectivity index (χ3v) is 3.54. The molecule has 0 aliphatic rings. The first-order valence-electron chi connectivity index (χ1n) is 6.58. The zero-order valence-corrected chi connectivity index (χ0v) is 13.6. The molecule has 0 bridgehead atoms. The second-order valence-corrected chi connectivity index (χ2v) is 5.59. The summed E-state index contributed by atoms with van der Waals surface area (Å²) < 4.78 is 5.41. The first kappa shape index (κ1) is 17.1. The number of ether oxygens (including phenoxy) is 1. The van der Waals surface area contributed by atoms with E-state index < -0.39 is 11.9 Å². The maximum atomic E-state index is 11.9. The molecule has 0 radical (unpaired) electrons. The Morgan fingerprint density at radius 2 is 1.91 bits per heavy atom. The molecule has 0 unspecified atom stereocenters. The number of nitrogens with one attached hydrogen (secondary N) is 1. The molecule has 0 spiro atoms. The molecule has 0 atom stereocenters. The van der Waals surface area contributed by atoms with E-state index in [0.29, 0.717) is 16.5 Å². The van der Waals surface area contributed by atoms with Crippen molar-refractivity contribution in [1.82, 2.24) is 0 Å². The lowest BCUT2D eigenvalue weighted by Crippen LogP contribution is -2.20. The lowest BCUT2D eigenvalue weighted by atomic mass is 10.2. The van der Waals surface area contributed by atoms with Gasteiger partial charge in [0.1, 0.15) is 5.75 Å². The van der Waals surface area contributed by atoms with Crippen molar-refractivity contribution in [2.24, 2.45) is 0 Å². The molecule has 0 aliphatic carbocycles. The van der Waals surface area contributed by atoms with Gasteiger partial charge in [0, 0.05) is 10.7 Å². The normalized spacial score (nSPS) is 10.2. The minimum Gasteiger partial charge on any atom is -0.483 e. The Morgan fingerprint density at radius 3 is 2.57 bits per heavy atom. The highest BCUT2D eigenvalue weighted by Gasteiger charge is 2.11. The van der Waals surface area contributed by atoms with E-state index in [0.717, 1.165) is 5.56 Å². The number of halogens is 2. The minimum absolute atomic E-state index is 0.0843. The summed E-state index contributed by atoms with van der Waals surface area (Å²) in [6.45, 7) is 1.60. The maximum absolute atomic E-state index is 11.9. The molecule has 1 amide bonds. The summed E-state index contributed by atoms with van der Waals surface area (Å²) in [4.78, 5) is 22.9. The highest BCUT2D eigenvalue weighted by Crippen LogP contribution is 2.22. The largest absolute Gasteiger partial charge is 0.483 e. The molecule has 5 nitrogen and oxygen atoms in total. The third kappa shape index (κ3) is 4.61. The van der Waals surface area contributed by atoms with Crippen LogP contribution in [0.25, 0.3) is 0 Å². The number of aryl methyl sites for hydroxylation is 1. The Balaban J connectivity index is 2.00. The van der Waals surface area contributed by atoms with Crippen LogP contribution in [-0.4, -0.2) is 23.6 Å². The Morgan fingerprint density at radius 1 is 1.17 bits per heavy atom. The van der Waals surface area contributed by atoms with Crippen LogP contribution < -0.4 is 10.1 Å². The summed E-state index contributed by atoms with van der Waals surface area (Å²) in [5.41, 5.74) is 1.05. The van der Waals surface area contributed by atoms with Crippen molar-refractivity contribution in [3.63, 3.8) is 0 Å². The van der Waals surface area contributed by atoms with Crippen LogP contribution in [0.5, 0.6) is 5.75 Å². The number of carboxylic acid groups (broad SMARTS) is 1. The number of amides is 1. The summed E-state index contributed by atoms with van der Waals surface area (Å²) in [6.07, 6.45) is 0. The van der Waals surface area contributed by atoms with Crippen molar-refractivity contribution in [3.05, 3.63) is 57.6 Å². The molecule has 0 saturated carbocycles. The van der Waals surface area contributed by atoms with Gasteiger partial charge in [-0.05, 0) is 48.9 Å². The van der Waals surface area contributed by atoms with Crippen molar-refractivity contribution in [1.29, 1.82) is 0 Å². The molecular weight excluding hydrogens is 341 g/mol. The van der Waals surface area contributed by atoms with Crippen LogP contribution in [0.2, 0.25) is 10.0 Å². The molecule has 120 valence electrons. The number of benzene rings is 2. The first-order valence-corrected chi connectivity index (χ1v) is 7.34. The molecule has 2 aromatic carbocycles. The van der Waals surface area contributed by atoms with E-state index in [-0.39, 0.29) is 17.2 Å². The van der Waals surface area contributed by atoms with E-state index in [9.17, 15) is 9.59 Å². The summed E-state index contributed by atoms with van der Waals surface area (Å²) in [6, 6.07) is 9.28. The number of carbonyl (C=O) groups excluding carboxylic acids is 1. The summed E-state index contributed by atoms with van der Waals surface area (Å²) in [5.74, 6) is -1.04. The maximum Gasteiger partial charge on any atom is 0.337 e. The van der Waals surface area contributed by atoms with Gasteiger partial charge in [0.05, 0.1) is 10.6 Å². The van der Waals surface area contributed by atoms with Gasteiger partial charge in [-0.15, -0.1) is 0 Å². The van der Waals surface area contributed by atoms with Crippen LogP contribution >= 0.6 is 23.2 Å². The van der Waals surface area contributed by atoms with Gasteiger partial charge in [-0.3, -0.25) is 4.79 Å². The lowest BCUT2D eigenvalue weighted by molar-refractivity contribution is -0.118. The lowest BCUT2D eigenvalue weighted by Gasteiger charge is -2.10. The molecule has 0 saturated heterocycles. The fourth-order valence-corrected chi connectivity index (χ4v) is 2.31. The fourth-order valence-electron chi connectivity index (χ4n) is 1.88. The number of hydrogen-bond acceptors (Lipinski definition) is 3. The summed E-state index contributed by atoms with van der Waals surface area (Å²) in [5, 5.41) is 12.2. The van der Waals surface area contributed by atoms with Crippen LogP contribution in [0.3, 0.4) is 0 Å². The predicted octanol–water partition coefficient (Wildman–Crippen LogP) is 4.02. The summed E-state index contributed by atoms with van der Waals surface area (Å²) in [7, 11) is 0. The zero-order chi connectivity index (χ0) is 17.0. The number of carbonyl (C=O) groups is 2. The molecule has 0 aliphatic heterocycles. The molecule has 0 aromatic heterocycles. The Hall–Kier alpha value is -2.24. The van der Waals surface area contributed by atoms with Gasteiger partial charge in [0.2, 0.25) is 0 Å². The topological polar surface area (TPSA) is 75.6 Å². The van der Waals surface area contributed by atoms with Gasteiger partial charge in [-0.25, -0.2) is 4.79 Å². The van der Waals surface area contributed by atoms with Gasteiger partial charge in [0.15, 0.2) is 6.61 Å². The van der Waals surface area contributed by atoms with E-state index in [1.807, 2.05) is 6.92 Å². The van der Waals surface area contributed by atoms with Gasteiger partial charge >= 0.3 is 5.97 Å². The van der Waals surface area contributed by atoms with Crippen molar-refractivity contribution >= 4 is 40.8 Å². The number of anilines is 1. The van der Waals surface area contributed by atoms with Crippen LogP contribution in [0.4, 0.5) is 5.69 Å². The predicted molar refractivity (Wildman–Crippen MR) is 88.7 cm³/mol. The highest BCUT2D eigenvalue weighted by atomic mass is 35.5. The van der Waals surface area contributed by atoms with Crippen LogP contribution in [0.1, 0.15) is 15.9 Å². The van der Waals surface area contributed by atoms with E-state index >= 15 is 0 Å². The molecule has 0 fully saturated rings. The highest BCUT2D eigenvalue weighted by molar-refractivity contribution is 6.33. The SMILES string of the molecule is Cc1cc(Cl)ccc1OCC(=O)Nc1ccc(Cl)c(C(=O)O)c1. The molecule has 0 heterocycles. The van der Waals surface area contributed by atoms with Crippen molar-refractivity contribution in [3.8, 4) is 5.75 Å². The smallest absolute Gasteiger partial charge is 0.337 e. The third-order valence-electron chi connectivity index (χ3n) is 2.98. The average molecular weight is 354 g/mol. The van der Waals surface area contributed by atoms with E-state index in [1.54, 1.807) is 18.2 Å². The minimum atomic E-state index is -1.17. The molecular formula is C16H13Cl2NO4. The van der Waals surface area contributed by atoms with E-state index in [4.69, 9.17) is 33.0 Å². The Labute approximate surface area is 142 Å². The van der Waals surface area contributed by atoms with Gasteiger partial charge in [0.25, 0.3) is 5.91 Å². The van der Waals surface area contributed by atoms with Crippen molar-refractivity contribution < 1.29 is 19.4 Å². The Bertz CT molecular complexity index is 762. The zero-order valence-electron chi connectivity index (χ0n) is 12.1. The van der Waals surface area contributed by atoms with Gasteiger partial charge in [-0.1, -0.05) is 23.2 Å². The number of hydrogen-bond donors (Lipinski definition) is 2. The quantitative estimate of drug-likeness (QED) is 0.851. The molecule has 23 heavy (non-hydrogen) atoms. The monoisotopic (exact) mass is 353 g/mol. The molecule has 2 aromatic rings. The average Bonchev–Trinajstić information content (AvgIpc) is 2.48. The van der Waals surface area contributed by atoms with Crippen LogP contribution in [-0.2, 0) is 4.79 Å². The van der Waals surface area contributed by atoms with E-state index in [1.165, 1.54) is 18.2 Å². The van der Waals surface area contributed by atoms with E-state index in [2.05, 4.69) is 5.32 Å². The summed E-state index contributed by atoms with van der Waals surface area (Å²) >= 11 is 11.6. The van der Waals surface area contributed by atoms with Gasteiger partial charge < -0.3 is 15.2 Å². The standard InChI is InChI=1S/C16H13Cl2NO4/c1-9-6-10(17)2-5-14(9)23-8-15(20)19-11-3-4-13(18)12(7-11)16(21)22/h2-7H,8H2,1H3,(H,19,20)(H,21,22). The first-order chi connectivity index (χ1) is 10.9. The molecule has 2 N–H and O–H groups in total. The van der Waals surface area contributed by atoms with Gasteiger partial charge in [-0.2, -0.15) is 0 Å². The number of aromatic carboxylic acids is 1. The fraction of sp³-hybridized carbons (Fsp3) is 0.125. The number of carboxylic acids is 1. The number of rotatable bonds is 5. The second-order valence-electron chi connectivity index (χ2n) is 4.75. The Kier molecular flexibility index (Phi) is 5.47. The van der Waals surface area contributed by atoms with Crippen molar-refractivity contribution in [2.75, 3.05) is 11.9 Å². The second kappa shape index (κ2) is 7.35. The molecule has 2 rings (SSSR count).